The van der Waals surface area contributed by atoms with Crippen LogP contribution < -0.4 is 25.4 Å². The number of aromatic nitrogens is 5. The van der Waals surface area contributed by atoms with E-state index in [1.54, 1.807) is 6.92 Å². The fourth-order valence-electron chi connectivity index (χ4n) is 4.16. The molecule has 1 aliphatic rings. The molecule has 3 N–H and O–H groups in total. The highest BCUT2D eigenvalue weighted by Crippen LogP contribution is 2.27. The van der Waals surface area contributed by atoms with Gasteiger partial charge in [0.05, 0.1) is 38.5 Å². The molecule has 13 heteroatoms. The first-order chi connectivity index (χ1) is 18.5. The van der Waals surface area contributed by atoms with E-state index in [9.17, 15) is 4.79 Å². The van der Waals surface area contributed by atoms with Gasteiger partial charge < -0.3 is 20.3 Å². The molecule has 1 saturated heterocycles. The number of rotatable bonds is 9. The predicted molar refractivity (Wildman–Crippen MR) is 149 cm³/mol. The van der Waals surface area contributed by atoms with Crippen LogP contribution in [-0.2, 0) is 18.3 Å². The molecule has 4 heterocycles. The third kappa shape index (κ3) is 5.90. The molecule has 4 aromatic rings. The standard InChI is InChI=1S/C25H29N9O2S2/c1-4-36-23(35)22-16(2)28-25(38-22)30-24-29-20(13-21(33(24)3)34-11-9-26-10-12-34)27-14-17-5-7-18(8-6-17)19-15-37-32-31-19/h5-8,13,15,26H,4,9-12,14H2,1-3H3,(H,27,28,29,30,35)/p+1. The first-order valence-corrected chi connectivity index (χ1v) is 14.1. The van der Waals surface area contributed by atoms with Gasteiger partial charge in [0.15, 0.2) is 5.82 Å². The number of hydrogen-bond acceptors (Lipinski definition) is 12. The van der Waals surface area contributed by atoms with Crippen molar-refractivity contribution in [3.8, 4) is 11.3 Å². The van der Waals surface area contributed by atoms with Crippen molar-refractivity contribution >= 4 is 51.6 Å². The molecule has 0 spiro atoms. The van der Waals surface area contributed by atoms with Crippen LogP contribution in [0.25, 0.3) is 11.3 Å². The van der Waals surface area contributed by atoms with Gasteiger partial charge in [0.1, 0.15) is 10.6 Å². The number of piperazine rings is 1. The van der Waals surface area contributed by atoms with Gasteiger partial charge in [0.2, 0.25) is 10.9 Å². The maximum atomic E-state index is 12.3. The van der Waals surface area contributed by atoms with Gasteiger partial charge in [-0.05, 0) is 30.9 Å². The lowest BCUT2D eigenvalue weighted by atomic mass is 10.1. The summed E-state index contributed by atoms with van der Waals surface area (Å²) >= 11 is 2.61. The number of nitrogens with one attached hydrogen (secondary N) is 3. The number of nitrogens with zero attached hydrogens (tertiary/aromatic N) is 6. The van der Waals surface area contributed by atoms with Crippen molar-refractivity contribution < 1.29 is 14.1 Å². The summed E-state index contributed by atoms with van der Waals surface area (Å²) in [4.78, 5) is 24.5. The first-order valence-electron chi connectivity index (χ1n) is 12.4. The highest BCUT2D eigenvalue weighted by Gasteiger charge is 2.24. The van der Waals surface area contributed by atoms with E-state index in [1.165, 1.54) is 22.9 Å². The van der Waals surface area contributed by atoms with E-state index in [2.05, 4.69) is 65.8 Å². The van der Waals surface area contributed by atoms with E-state index in [1.807, 2.05) is 23.9 Å². The number of esters is 1. The summed E-state index contributed by atoms with van der Waals surface area (Å²) in [6.07, 6.45) is 0. The molecular weight excluding hydrogens is 522 g/mol. The van der Waals surface area contributed by atoms with Crippen molar-refractivity contribution in [3.05, 3.63) is 51.8 Å². The Balaban J connectivity index is 1.39. The zero-order chi connectivity index (χ0) is 26.5. The molecular formula is C25H30N9O2S2+. The van der Waals surface area contributed by atoms with Gasteiger partial charge in [-0.2, -0.15) is 0 Å². The summed E-state index contributed by atoms with van der Waals surface area (Å²) in [7, 11) is 1.98. The summed E-state index contributed by atoms with van der Waals surface area (Å²) in [6, 6.07) is 10.3. The normalized spacial score (nSPS) is 13.4. The van der Waals surface area contributed by atoms with Gasteiger partial charge in [-0.3, -0.25) is 0 Å². The molecule has 1 aliphatic heterocycles. The van der Waals surface area contributed by atoms with Crippen LogP contribution in [-0.4, -0.2) is 58.3 Å². The number of benzene rings is 1. The van der Waals surface area contributed by atoms with E-state index in [-0.39, 0.29) is 5.97 Å². The minimum atomic E-state index is -0.359. The van der Waals surface area contributed by atoms with Gasteiger partial charge in [0.25, 0.3) is 0 Å². The lowest BCUT2D eigenvalue weighted by molar-refractivity contribution is -0.646. The Hall–Kier alpha value is -3.68. The first kappa shape index (κ1) is 25.9. The summed E-state index contributed by atoms with van der Waals surface area (Å²) < 4.78 is 11.1. The summed E-state index contributed by atoms with van der Waals surface area (Å²) in [5, 5.41) is 16.9. The van der Waals surface area contributed by atoms with E-state index < -0.39 is 0 Å². The smallest absolute Gasteiger partial charge is 0.355 e. The molecule has 5 rings (SSSR count). The average Bonchev–Trinajstić information content (AvgIpc) is 3.60. The van der Waals surface area contributed by atoms with Crippen LogP contribution in [0.15, 0.2) is 35.7 Å². The maximum absolute atomic E-state index is 12.3. The molecule has 1 aromatic carbocycles. The zero-order valence-corrected chi connectivity index (χ0v) is 23.2. The van der Waals surface area contributed by atoms with Crippen molar-refractivity contribution in [2.24, 2.45) is 7.05 Å². The summed E-state index contributed by atoms with van der Waals surface area (Å²) in [5.41, 5.74) is 3.68. The Kier molecular flexibility index (Phi) is 8.05. The third-order valence-electron chi connectivity index (χ3n) is 6.15. The third-order valence-corrected chi connectivity index (χ3v) is 7.71. The second kappa shape index (κ2) is 11.8. The van der Waals surface area contributed by atoms with Crippen molar-refractivity contribution in [1.29, 1.82) is 0 Å². The Morgan fingerprint density at radius 3 is 2.71 bits per heavy atom. The van der Waals surface area contributed by atoms with Gasteiger partial charge in [-0.1, -0.05) is 45.1 Å². The highest BCUT2D eigenvalue weighted by molar-refractivity contribution is 7.17. The van der Waals surface area contributed by atoms with Crippen molar-refractivity contribution in [2.45, 2.75) is 20.4 Å². The number of thiazole rings is 1. The Morgan fingerprint density at radius 2 is 2.00 bits per heavy atom. The molecule has 0 amide bonds. The van der Waals surface area contributed by atoms with E-state index in [0.717, 1.165) is 54.6 Å². The van der Waals surface area contributed by atoms with Crippen LogP contribution in [0.1, 0.15) is 27.9 Å². The second-order valence-electron chi connectivity index (χ2n) is 8.74. The molecule has 0 radical (unpaired) electrons. The highest BCUT2D eigenvalue weighted by atomic mass is 32.1. The van der Waals surface area contributed by atoms with Gasteiger partial charge in [-0.25, -0.2) is 19.7 Å². The minimum Gasteiger partial charge on any atom is -0.462 e. The number of carbonyl (C=O) groups excluding carboxylic acids is 1. The number of ether oxygens (including phenoxy) is 1. The quantitative estimate of drug-likeness (QED) is 0.211. The van der Waals surface area contributed by atoms with Gasteiger partial charge in [0, 0.05) is 30.6 Å². The number of aryl methyl sites for hydroxylation is 1. The monoisotopic (exact) mass is 552 g/mol. The van der Waals surface area contributed by atoms with Crippen LogP contribution in [0, 0.1) is 6.92 Å². The number of carbonyl (C=O) groups is 1. The van der Waals surface area contributed by atoms with Crippen LogP contribution in [0.3, 0.4) is 0 Å². The maximum Gasteiger partial charge on any atom is 0.355 e. The fourth-order valence-corrected chi connectivity index (χ4v) is 5.48. The minimum absolute atomic E-state index is 0.321. The Bertz CT molecular complexity index is 1380. The molecule has 0 bridgehead atoms. The molecule has 1 fully saturated rings. The molecule has 0 unspecified atom stereocenters. The van der Waals surface area contributed by atoms with E-state index >= 15 is 0 Å². The van der Waals surface area contributed by atoms with E-state index in [0.29, 0.717) is 34.8 Å². The number of anilines is 4. The van der Waals surface area contributed by atoms with Gasteiger partial charge >= 0.3 is 11.9 Å². The predicted octanol–water partition coefficient (Wildman–Crippen LogP) is 3.13. The van der Waals surface area contributed by atoms with Crippen LogP contribution in [0.4, 0.5) is 22.7 Å². The number of hydrogen-bond donors (Lipinski definition) is 3. The van der Waals surface area contributed by atoms with Crippen molar-refractivity contribution in [2.75, 3.05) is 48.3 Å². The molecule has 0 atom stereocenters. The van der Waals surface area contributed by atoms with Crippen LogP contribution in [0.2, 0.25) is 0 Å². The molecule has 0 saturated carbocycles. The molecule has 198 valence electrons. The fraction of sp³-hybridized carbons (Fsp3) is 0.360. The molecule has 11 nitrogen and oxygen atoms in total. The zero-order valence-electron chi connectivity index (χ0n) is 21.5. The second-order valence-corrected chi connectivity index (χ2v) is 10.3. The van der Waals surface area contributed by atoms with Crippen LogP contribution >= 0.6 is 22.9 Å². The van der Waals surface area contributed by atoms with Crippen molar-refractivity contribution in [1.82, 2.24) is 24.9 Å². The summed E-state index contributed by atoms with van der Waals surface area (Å²) in [6.45, 7) is 8.16. The molecule has 0 aliphatic carbocycles. The van der Waals surface area contributed by atoms with Crippen molar-refractivity contribution in [3.63, 3.8) is 0 Å². The average molecular weight is 553 g/mol. The Labute approximate surface area is 229 Å². The lowest BCUT2D eigenvalue weighted by Crippen LogP contribution is -2.49. The Morgan fingerprint density at radius 1 is 1.21 bits per heavy atom. The largest absolute Gasteiger partial charge is 0.462 e. The molecule has 3 aromatic heterocycles. The van der Waals surface area contributed by atoms with Gasteiger partial charge in [-0.15, -0.1) is 5.10 Å². The van der Waals surface area contributed by atoms with Crippen LogP contribution in [0.5, 0.6) is 0 Å². The molecule has 38 heavy (non-hydrogen) atoms. The van der Waals surface area contributed by atoms with E-state index in [4.69, 9.17) is 9.72 Å². The lowest BCUT2D eigenvalue weighted by Gasteiger charge is -2.27. The topological polar surface area (TPSA) is 121 Å². The SMILES string of the molecule is CCOC(=O)c1sc(Nc2nc(NCc3ccc(-c4csnn4)cc3)cc(N3CCNCC3)[n+]2C)nc1C. The summed E-state index contributed by atoms with van der Waals surface area (Å²) in [5.74, 6) is 2.04.